The molecule has 4 unspecified atom stereocenters. The third-order valence-electron chi connectivity index (χ3n) is 5.32. The molecule has 27 heavy (non-hydrogen) atoms. The fourth-order valence-corrected chi connectivity index (χ4v) is 4.37. The molecule has 0 bridgehead atoms. The summed E-state index contributed by atoms with van der Waals surface area (Å²) >= 11 is 6.37. The van der Waals surface area contributed by atoms with Crippen molar-refractivity contribution in [3.63, 3.8) is 0 Å². The van der Waals surface area contributed by atoms with Gasteiger partial charge in [-0.05, 0) is 6.42 Å². The zero-order chi connectivity index (χ0) is 19.2. The van der Waals surface area contributed by atoms with E-state index >= 15 is 0 Å². The molecule has 0 saturated heterocycles. The van der Waals surface area contributed by atoms with Gasteiger partial charge >= 0.3 is 0 Å². The smallest absolute Gasteiger partial charge is 0.251 e. The predicted molar refractivity (Wildman–Crippen MR) is 103 cm³/mol. The second kappa shape index (κ2) is 6.87. The van der Waals surface area contributed by atoms with Crippen molar-refractivity contribution in [3.8, 4) is 0 Å². The number of nitrogens with two attached hydrogens (primary N) is 1. The summed E-state index contributed by atoms with van der Waals surface area (Å²) in [5.41, 5.74) is 7.40. The minimum atomic E-state index is -2.77. The van der Waals surface area contributed by atoms with E-state index in [0.717, 1.165) is 5.57 Å². The third-order valence-corrected chi connectivity index (χ3v) is 5.60. The van der Waals surface area contributed by atoms with Crippen molar-refractivity contribution in [3.05, 3.63) is 47.4 Å². The van der Waals surface area contributed by atoms with Gasteiger partial charge in [-0.1, -0.05) is 35.9 Å². The lowest BCUT2D eigenvalue weighted by molar-refractivity contribution is -0.0433. The Morgan fingerprint density at radius 2 is 2.07 bits per heavy atom. The van der Waals surface area contributed by atoms with E-state index in [1.807, 2.05) is 25.4 Å². The van der Waals surface area contributed by atoms with Crippen LogP contribution >= 0.6 is 11.6 Å². The SMILES string of the molecule is CN1C=C(c2nc(NC3CC(N)CC(F)(F)C3)ncc2Cl)C2C=CC=CC21. The molecule has 2 aliphatic carbocycles. The molecule has 3 N–H and O–H groups in total. The highest BCUT2D eigenvalue weighted by Crippen LogP contribution is 2.40. The number of fused-ring (bicyclic) bond motifs is 1. The van der Waals surface area contributed by atoms with Gasteiger partial charge in [0, 0.05) is 49.7 Å². The maximum atomic E-state index is 13.8. The van der Waals surface area contributed by atoms with Crippen molar-refractivity contribution in [1.82, 2.24) is 14.9 Å². The largest absolute Gasteiger partial charge is 0.373 e. The molecule has 2 heterocycles. The molecule has 4 atom stereocenters. The molecule has 144 valence electrons. The van der Waals surface area contributed by atoms with Crippen LogP contribution in [0.3, 0.4) is 0 Å². The molecule has 5 nitrogen and oxygen atoms in total. The fourth-order valence-electron chi connectivity index (χ4n) is 4.17. The molecule has 1 fully saturated rings. The molecular weight excluding hydrogens is 372 g/mol. The first kappa shape index (κ1) is 18.4. The number of hydrogen-bond donors (Lipinski definition) is 2. The number of alkyl halides is 2. The van der Waals surface area contributed by atoms with Gasteiger partial charge in [-0.25, -0.2) is 18.7 Å². The zero-order valence-electron chi connectivity index (χ0n) is 14.9. The average molecular weight is 394 g/mol. The number of rotatable bonds is 3. The Bertz CT molecular complexity index is 822. The molecular formula is C19H22ClF2N5. The number of anilines is 1. The van der Waals surface area contributed by atoms with Crippen LogP contribution in [0.25, 0.3) is 5.57 Å². The van der Waals surface area contributed by atoms with Crippen molar-refractivity contribution in [2.75, 3.05) is 12.4 Å². The Morgan fingerprint density at radius 3 is 2.85 bits per heavy atom. The van der Waals surface area contributed by atoms with Crippen molar-refractivity contribution < 1.29 is 8.78 Å². The molecule has 0 aromatic carbocycles. The Labute approximate surface area is 162 Å². The van der Waals surface area contributed by atoms with Gasteiger partial charge in [-0.2, -0.15) is 0 Å². The van der Waals surface area contributed by atoms with Crippen LogP contribution in [0.5, 0.6) is 0 Å². The maximum absolute atomic E-state index is 13.8. The Kier molecular flexibility index (Phi) is 4.68. The molecule has 0 spiro atoms. The van der Waals surface area contributed by atoms with Gasteiger partial charge in [-0.15, -0.1) is 0 Å². The van der Waals surface area contributed by atoms with Crippen molar-refractivity contribution >= 4 is 23.1 Å². The molecule has 1 saturated carbocycles. The number of nitrogens with one attached hydrogen (secondary N) is 1. The summed E-state index contributed by atoms with van der Waals surface area (Å²) < 4.78 is 27.6. The summed E-state index contributed by atoms with van der Waals surface area (Å²) in [6.07, 6.45) is 11.7. The van der Waals surface area contributed by atoms with Gasteiger partial charge < -0.3 is 16.0 Å². The number of halogens is 3. The Balaban J connectivity index is 1.58. The predicted octanol–water partition coefficient (Wildman–Crippen LogP) is 3.45. The number of nitrogens with zero attached hydrogens (tertiary/aromatic N) is 3. The van der Waals surface area contributed by atoms with E-state index in [-0.39, 0.29) is 24.8 Å². The van der Waals surface area contributed by atoms with Crippen molar-refractivity contribution in [1.29, 1.82) is 0 Å². The van der Waals surface area contributed by atoms with E-state index in [1.165, 1.54) is 6.20 Å². The van der Waals surface area contributed by atoms with Gasteiger partial charge in [0.05, 0.1) is 23.0 Å². The van der Waals surface area contributed by atoms with Crippen LogP contribution in [0.2, 0.25) is 5.02 Å². The summed E-state index contributed by atoms with van der Waals surface area (Å²) in [5, 5.41) is 3.47. The maximum Gasteiger partial charge on any atom is 0.251 e. The molecule has 0 radical (unpaired) electrons. The van der Waals surface area contributed by atoms with E-state index in [9.17, 15) is 8.78 Å². The van der Waals surface area contributed by atoms with Crippen molar-refractivity contribution in [2.45, 2.75) is 43.3 Å². The van der Waals surface area contributed by atoms with Crippen LogP contribution in [0.4, 0.5) is 14.7 Å². The van der Waals surface area contributed by atoms with Crippen LogP contribution in [0, 0.1) is 5.92 Å². The number of hydrogen-bond acceptors (Lipinski definition) is 5. The lowest BCUT2D eigenvalue weighted by Gasteiger charge is -2.33. The first-order chi connectivity index (χ1) is 12.8. The van der Waals surface area contributed by atoms with E-state index in [1.54, 1.807) is 0 Å². The van der Waals surface area contributed by atoms with Crippen LogP contribution in [-0.4, -0.2) is 46.0 Å². The lowest BCUT2D eigenvalue weighted by Crippen LogP contribution is -2.44. The van der Waals surface area contributed by atoms with E-state index in [4.69, 9.17) is 17.3 Å². The van der Waals surface area contributed by atoms with Crippen LogP contribution in [0.15, 0.2) is 36.7 Å². The van der Waals surface area contributed by atoms with E-state index in [0.29, 0.717) is 23.1 Å². The van der Waals surface area contributed by atoms with E-state index < -0.39 is 18.0 Å². The lowest BCUT2D eigenvalue weighted by atomic mass is 9.88. The van der Waals surface area contributed by atoms with Gasteiger partial charge in [0.2, 0.25) is 5.95 Å². The van der Waals surface area contributed by atoms with Gasteiger partial charge in [-0.3, -0.25) is 0 Å². The van der Waals surface area contributed by atoms with Crippen LogP contribution < -0.4 is 11.1 Å². The summed E-state index contributed by atoms with van der Waals surface area (Å²) in [4.78, 5) is 10.9. The highest BCUT2D eigenvalue weighted by Gasteiger charge is 2.40. The van der Waals surface area contributed by atoms with Gasteiger partial charge in [0.25, 0.3) is 5.92 Å². The molecule has 1 aromatic rings. The molecule has 0 amide bonds. The van der Waals surface area contributed by atoms with Crippen LogP contribution in [-0.2, 0) is 0 Å². The number of aromatic nitrogens is 2. The van der Waals surface area contributed by atoms with Gasteiger partial charge in [0.1, 0.15) is 0 Å². The summed E-state index contributed by atoms with van der Waals surface area (Å²) in [5.74, 6) is -2.33. The standard InChI is InChI=1S/C19H22ClF2N5/c1-27-10-14(13-4-2-3-5-16(13)27)17-15(20)9-24-18(26-17)25-12-6-11(23)7-19(21,22)8-12/h2-5,9-13,16H,6-8,23H2,1H3,(H,24,25,26). The minimum absolute atomic E-state index is 0.146. The quantitative estimate of drug-likeness (QED) is 0.823. The highest BCUT2D eigenvalue weighted by molar-refractivity contribution is 6.32. The Hall–Kier alpha value is -1.99. The van der Waals surface area contributed by atoms with Gasteiger partial charge in [0.15, 0.2) is 0 Å². The topological polar surface area (TPSA) is 67.1 Å². The zero-order valence-corrected chi connectivity index (χ0v) is 15.7. The molecule has 1 aromatic heterocycles. The molecule has 1 aliphatic heterocycles. The first-order valence-corrected chi connectivity index (χ1v) is 9.42. The minimum Gasteiger partial charge on any atom is -0.373 e. The molecule has 3 aliphatic rings. The number of likely N-dealkylation sites (N-methyl/N-ethyl adjacent to an activating group) is 1. The highest BCUT2D eigenvalue weighted by atomic mass is 35.5. The first-order valence-electron chi connectivity index (χ1n) is 9.04. The second-order valence-corrected chi connectivity index (χ2v) is 7.93. The second-order valence-electron chi connectivity index (χ2n) is 7.53. The summed E-state index contributed by atoms with van der Waals surface area (Å²) in [6, 6.07) is -0.783. The summed E-state index contributed by atoms with van der Waals surface area (Å²) in [6.45, 7) is 0. The monoisotopic (exact) mass is 393 g/mol. The number of allylic oxidation sites excluding steroid dienone is 2. The molecule has 4 rings (SSSR count). The third kappa shape index (κ3) is 3.71. The summed E-state index contributed by atoms with van der Waals surface area (Å²) in [7, 11) is 2.01. The Morgan fingerprint density at radius 1 is 1.30 bits per heavy atom. The van der Waals surface area contributed by atoms with E-state index in [2.05, 4.69) is 32.3 Å². The fraction of sp³-hybridized carbons (Fsp3) is 0.474. The van der Waals surface area contributed by atoms with Crippen molar-refractivity contribution in [2.24, 2.45) is 11.7 Å². The average Bonchev–Trinajstić information content (AvgIpc) is 2.92. The normalized spacial score (nSPS) is 31.6. The molecule has 8 heteroatoms. The van der Waals surface area contributed by atoms with Crippen LogP contribution in [0.1, 0.15) is 25.0 Å².